The summed E-state index contributed by atoms with van der Waals surface area (Å²) in [6, 6.07) is 9.96. The molecule has 1 amide bonds. The van der Waals surface area contributed by atoms with Crippen molar-refractivity contribution in [2.45, 2.75) is 32.7 Å². The van der Waals surface area contributed by atoms with Crippen molar-refractivity contribution in [3.8, 4) is 0 Å². The van der Waals surface area contributed by atoms with Gasteiger partial charge < -0.3 is 5.32 Å². The summed E-state index contributed by atoms with van der Waals surface area (Å²) in [5.41, 5.74) is 0.693. The lowest BCUT2D eigenvalue weighted by atomic mass is 9.94. The van der Waals surface area contributed by atoms with Crippen LogP contribution in [0.4, 0.5) is 0 Å². The van der Waals surface area contributed by atoms with Crippen LogP contribution in [0.1, 0.15) is 41.0 Å². The second-order valence-corrected chi connectivity index (χ2v) is 6.03. The van der Waals surface area contributed by atoms with Crippen LogP contribution in [-0.4, -0.2) is 10.9 Å². The molecular weight excluding hydrogens is 256 g/mol. The molecule has 0 atom stereocenters. The van der Waals surface area contributed by atoms with Crippen LogP contribution in [0.15, 0.2) is 36.5 Å². The monoisotopic (exact) mass is 274 g/mol. The van der Waals surface area contributed by atoms with Gasteiger partial charge in [0, 0.05) is 0 Å². The zero-order chi connectivity index (χ0) is 13.9. The predicted molar refractivity (Wildman–Crippen MR) is 78.4 cm³/mol. The smallest absolute Gasteiger partial charge is 0.263 e. The molecule has 0 spiro atoms. The molecule has 0 bridgehead atoms. The molecule has 19 heavy (non-hydrogen) atoms. The van der Waals surface area contributed by atoms with E-state index in [1.54, 1.807) is 6.20 Å². The van der Waals surface area contributed by atoms with Gasteiger partial charge >= 0.3 is 0 Å². The van der Waals surface area contributed by atoms with Crippen LogP contribution in [-0.2, 0) is 12.0 Å². The van der Waals surface area contributed by atoms with E-state index >= 15 is 0 Å². The van der Waals surface area contributed by atoms with E-state index in [0.717, 1.165) is 17.0 Å². The number of benzene rings is 1. The average Bonchev–Trinajstić information content (AvgIpc) is 2.88. The summed E-state index contributed by atoms with van der Waals surface area (Å²) >= 11 is 1.45. The molecule has 100 valence electrons. The summed E-state index contributed by atoms with van der Waals surface area (Å²) < 4.78 is 0. The van der Waals surface area contributed by atoms with Gasteiger partial charge in [0.2, 0.25) is 0 Å². The van der Waals surface area contributed by atoms with Gasteiger partial charge in [0.1, 0.15) is 4.88 Å². The van der Waals surface area contributed by atoms with Crippen LogP contribution in [0, 0.1) is 0 Å². The van der Waals surface area contributed by atoms with E-state index in [1.807, 2.05) is 51.1 Å². The second-order valence-electron chi connectivity index (χ2n) is 4.92. The predicted octanol–water partition coefficient (Wildman–Crippen LogP) is 3.37. The van der Waals surface area contributed by atoms with Crippen molar-refractivity contribution in [3.63, 3.8) is 0 Å². The Morgan fingerprint density at radius 2 is 2.00 bits per heavy atom. The molecule has 2 rings (SSSR count). The van der Waals surface area contributed by atoms with Crippen LogP contribution < -0.4 is 5.32 Å². The van der Waals surface area contributed by atoms with E-state index in [2.05, 4.69) is 10.3 Å². The lowest BCUT2D eigenvalue weighted by Crippen LogP contribution is -2.40. The van der Waals surface area contributed by atoms with Gasteiger partial charge in [-0.05, 0) is 25.8 Å². The molecule has 1 N–H and O–H groups in total. The van der Waals surface area contributed by atoms with Crippen molar-refractivity contribution in [1.82, 2.24) is 10.3 Å². The fourth-order valence-corrected chi connectivity index (χ4v) is 2.60. The molecule has 0 radical (unpaired) electrons. The van der Waals surface area contributed by atoms with Crippen LogP contribution in [0.3, 0.4) is 0 Å². The third-order valence-corrected chi connectivity index (χ3v) is 4.14. The number of nitrogens with zero attached hydrogens (tertiary/aromatic N) is 1. The highest BCUT2D eigenvalue weighted by molar-refractivity contribution is 7.13. The molecule has 1 aromatic heterocycles. The number of carbonyl (C=O) groups excluding carboxylic acids is 1. The van der Waals surface area contributed by atoms with E-state index < -0.39 is 5.54 Å². The Labute approximate surface area is 117 Å². The number of thiazole rings is 1. The van der Waals surface area contributed by atoms with Gasteiger partial charge in [0.05, 0.1) is 16.7 Å². The maximum Gasteiger partial charge on any atom is 0.263 e. The van der Waals surface area contributed by atoms with E-state index in [1.165, 1.54) is 11.3 Å². The minimum Gasteiger partial charge on any atom is -0.342 e. The third-order valence-electron chi connectivity index (χ3n) is 3.00. The summed E-state index contributed by atoms with van der Waals surface area (Å²) in [5, 5.41) is 4.05. The lowest BCUT2D eigenvalue weighted by Gasteiger charge is -2.26. The number of rotatable bonds is 4. The van der Waals surface area contributed by atoms with E-state index in [0.29, 0.717) is 4.88 Å². The third kappa shape index (κ3) is 3.20. The zero-order valence-corrected chi connectivity index (χ0v) is 12.3. The van der Waals surface area contributed by atoms with Gasteiger partial charge in [-0.1, -0.05) is 37.3 Å². The molecule has 0 saturated carbocycles. The molecule has 0 aliphatic carbocycles. The summed E-state index contributed by atoms with van der Waals surface area (Å²) in [5.74, 6) is -0.0638. The van der Waals surface area contributed by atoms with Crippen LogP contribution in [0.25, 0.3) is 0 Å². The maximum atomic E-state index is 12.2. The van der Waals surface area contributed by atoms with Crippen LogP contribution in [0.5, 0.6) is 0 Å². The summed E-state index contributed by atoms with van der Waals surface area (Å²) in [4.78, 5) is 17.1. The first-order chi connectivity index (χ1) is 9.03. The molecule has 3 nitrogen and oxygen atoms in total. The largest absolute Gasteiger partial charge is 0.342 e. The Balaban J connectivity index is 2.14. The summed E-state index contributed by atoms with van der Waals surface area (Å²) in [7, 11) is 0. The highest BCUT2D eigenvalue weighted by Gasteiger charge is 2.24. The number of hydrogen-bond donors (Lipinski definition) is 1. The van der Waals surface area contributed by atoms with Crippen molar-refractivity contribution >= 4 is 17.2 Å². The van der Waals surface area contributed by atoms with Gasteiger partial charge in [0.25, 0.3) is 5.91 Å². The number of aryl methyl sites for hydroxylation is 1. The van der Waals surface area contributed by atoms with Crippen LogP contribution >= 0.6 is 11.3 Å². The van der Waals surface area contributed by atoms with Crippen molar-refractivity contribution in [2.75, 3.05) is 0 Å². The Bertz CT molecular complexity index is 561. The van der Waals surface area contributed by atoms with Gasteiger partial charge in [-0.2, -0.15) is 0 Å². The minimum atomic E-state index is -0.394. The van der Waals surface area contributed by atoms with E-state index in [9.17, 15) is 4.79 Å². The molecular formula is C15H18N2OS. The molecule has 0 fully saturated rings. The quantitative estimate of drug-likeness (QED) is 0.928. The minimum absolute atomic E-state index is 0.0638. The molecule has 1 heterocycles. The summed E-state index contributed by atoms with van der Waals surface area (Å²) in [6.45, 7) is 6.04. The Morgan fingerprint density at radius 1 is 1.32 bits per heavy atom. The number of amides is 1. The van der Waals surface area contributed by atoms with Gasteiger partial charge in [0.15, 0.2) is 0 Å². The lowest BCUT2D eigenvalue weighted by molar-refractivity contribution is 0.0916. The number of carbonyl (C=O) groups is 1. The fraction of sp³-hybridized carbons (Fsp3) is 0.333. The number of nitrogens with one attached hydrogen (secondary N) is 1. The molecule has 0 aliphatic heterocycles. The topological polar surface area (TPSA) is 42.0 Å². The zero-order valence-electron chi connectivity index (χ0n) is 11.4. The Hall–Kier alpha value is -1.68. The first-order valence-electron chi connectivity index (χ1n) is 6.35. The normalized spacial score (nSPS) is 11.3. The number of hydrogen-bond acceptors (Lipinski definition) is 3. The first-order valence-corrected chi connectivity index (χ1v) is 7.17. The van der Waals surface area contributed by atoms with E-state index in [4.69, 9.17) is 0 Å². The maximum absolute atomic E-state index is 12.2. The highest BCUT2D eigenvalue weighted by atomic mass is 32.1. The molecule has 0 saturated heterocycles. The molecule has 1 aromatic carbocycles. The Kier molecular flexibility index (Phi) is 4.00. The molecule has 0 aliphatic rings. The molecule has 2 aromatic rings. The van der Waals surface area contributed by atoms with Gasteiger partial charge in [-0.15, -0.1) is 11.3 Å². The average molecular weight is 274 g/mol. The highest BCUT2D eigenvalue weighted by Crippen LogP contribution is 2.21. The number of aromatic nitrogens is 1. The van der Waals surface area contributed by atoms with Crippen molar-refractivity contribution in [1.29, 1.82) is 0 Å². The van der Waals surface area contributed by atoms with Crippen molar-refractivity contribution < 1.29 is 4.79 Å². The Morgan fingerprint density at radius 3 is 2.58 bits per heavy atom. The summed E-state index contributed by atoms with van der Waals surface area (Å²) in [6.07, 6.45) is 2.51. The van der Waals surface area contributed by atoms with Crippen molar-refractivity contribution in [2.24, 2.45) is 0 Å². The van der Waals surface area contributed by atoms with Gasteiger partial charge in [-0.3, -0.25) is 4.79 Å². The van der Waals surface area contributed by atoms with Crippen LogP contribution in [0.2, 0.25) is 0 Å². The van der Waals surface area contributed by atoms with Crippen molar-refractivity contribution in [3.05, 3.63) is 52.0 Å². The second kappa shape index (κ2) is 5.53. The molecule has 0 unspecified atom stereocenters. The first kappa shape index (κ1) is 13.7. The molecule has 4 heteroatoms. The standard InChI is InChI=1S/C15H18N2OS/c1-4-13-16-10-12(19-13)14(18)17-15(2,3)11-8-6-5-7-9-11/h5-10H,4H2,1-3H3,(H,17,18). The fourth-order valence-electron chi connectivity index (χ4n) is 1.85. The van der Waals surface area contributed by atoms with Gasteiger partial charge in [-0.25, -0.2) is 4.98 Å². The van der Waals surface area contributed by atoms with E-state index in [-0.39, 0.29) is 5.91 Å². The SMILES string of the molecule is CCc1ncc(C(=O)NC(C)(C)c2ccccc2)s1.